The molecule has 0 bridgehead atoms. The molecule has 388 valence electrons. The Morgan fingerprint density at radius 2 is 0.851 bits per heavy atom. The van der Waals surface area contributed by atoms with Crippen LogP contribution in [0.2, 0.25) is 0 Å². The zero-order valence-electron chi connectivity index (χ0n) is 43.6. The highest BCUT2D eigenvalue weighted by molar-refractivity contribution is 5.77. The van der Waals surface area contributed by atoms with Crippen LogP contribution in [0.1, 0.15) is 208 Å². The van der Waals surface area contributed by atoms with Gasteiger partial charge in [-0.1, -0.05) is 76.3 Å². The highest BCUT2D eigenvalue weighted by Crippen LogP contribution is 2.32. The van der Waals surface area contributed by atoms with E-state index in [2.05, 4.69) is 81.2 Å². The quantitative estimate of drug-likeness (QED) is 0.0191. The number of unbranched alkanes of at least 4 members (excludes halogenated alkanes) is 10. The summed E-state index contributed by atoms with van der Waals surface area (Å²) in [6, 6.07) is 0. The Morgan fingerprint density at radius 3 is 1.18 bits per heavy atom. The van der Waals surface area contributed by atoms with Gasteiger partial charge in [0, 0.05) is 45.8 Å². The van der Waals surface area contributed by atoms with Crippen LogP contribution in [-0.4, -0.2) is 101 Å². The molecule has 11 nitrogen and oxygen atoms in total. The Hall–Kier alpha value is -2.83. The molecule has 0 radical (unpaired) electrons. The lowest BCUT2D eigenvalue weighted by Gasteiger charge is -2.26. The molecule has 0 aromatic carbocycles. The number of hydrogen-bond acceptors (Lipinski definition) is 11. The largest absolute Gasteiger partial charge is 0.466 e. The first-order valence-corrected chi connectivity index (χ1v) is 26.9. The SMILES string of the molecule is CC/C=C\CCCCOC(CCC(=O)OCCCCC(CCCCOC(=O)CCC(OCCCC/C=C\CC)OCCCC/C=C\CC)OC(=O)C1(C)CCN(C)C1)OCCCC/C=C\CC. The van der Waals surface area contributed by atoms with Gasteiger partial charge in [0.05, 0.1) is 31.5 Å². The lowest BCUT2D eigenvalue weighted by molar-refractivity contribution is -0.161. The van der Waals surface area contributed by atoms with Crippen LogP contribution in [-0.2, 0) is 47.5 Å². The molecule has 0 aromatic rings. The molecule has 1 atom stereocenters. The number of carbonyl (C=O) groups excluding carboxylic acids is 3. The van der Waals surface area contributed by atoms with E-state index in [1.54, 1.807) is 0 Å². The summed E-state index contributed by atoms with van der Waals surface area (Å²) in [5.41, 5.74) is -0.523. The summed E-state index contributed by atoms with van der Waals surface area (Å²) in [5.74, 6) is -0.661. The number of esters is 3. The minimum absolute atomic E-state index is 0.152. The van der Waals surface area contributed by atoms with Crippen molar-refractivity contribution in [1.29, 1.82) is 0 Å². The van der Waals surface area contributed by atoms with Gasteiger partial charge in [-0.15, -0.1) is 0 Å². The normalized spacial score (nSPS) is 15.8. The molecular weight excluding hydrogens is 847 g/mol. The van der Waals surface area contributed by atoms with E-state index in [0.717, 1.165) is 129 Å². The van der Waals surface area contributed by atoms with Gasteiger partial charge in [-0.25, -0.2) is 0 Å². The highest BCUT2D eigenvalue weighted by Gasteiger charge is 2.41. The van der Waals surface area contributed by atoms with Crippen LogP contribution in [0.15, 0.2) is 48.6 Å². The van der Waals surface area contributed by atoms with Gasteiger partial charge >= 0.3 is 17.9 Å². The van der Waals surface area contributed by atoms with E-state index in [-0.39, 0.29) is 36.9 Å². The number of nitrogens with zero attached hydrogens (tertiary/aromatic N) is 1. The average Bonchev–Trinajstić information content (AvgIpc) is 3.68. The molecule has 0 spiro atoms. The fraction of sp³-hybridized carbons (Fsp3) is 0.804. The van der Waals surface area contributed by atoms with Gasteiger partial charge in [0.1, 0.15) is 6.10 Å². The second kappa shape index (κ2) is 44.4. The Morgan fingerprint density at radius 1 is 0.493 bits per heavy atom. The number of rotatable bonds is 46. The highest BCUT2D eigenvalue weighted by atomic mass is 16.7. The molecule has 0 saturated carbocycles. The molecule has 1 unspecified atom stereocenters. The van der Waals surface area contributed by atoms with Crippen LogP contribution < -0.4 is 0 Å². The van der Waals surface area contributed by atoms with Crippen LogP contribution in [0.25, 0.3) is 0 Å². The number of allylic oxidation sites excluding steroid dienone is 8. The minimum atomic E-state index is -0.523. The van der Waals surface area contributed by atoms with Crippen molar-refractivity contribution in [3.8, 4) is 0 Å². The lowest BCUT2D eigenvalue weighted by Crippen LogP contribution is -2.35. The van der Waals surface area contributed by atoms with E-state index < -0.39 is 18.0 Å². The van der Waals surface area contributed by atoms with Crippen molar-refractivity contribution in [3.05, 3.63) is 48.6 Å². The molecule has 1 aliphatic rings. The molecule has 67 heavy (non-hydrogen) atoms. The van der Waals surface area contributed by atoms with Crippen molar-refractivity contribution in [1.82, 2.24) is 4.90 Å². The van der Waals surface area contributed by atoms with E-state index in [1.807, 2.05) is 14.0 Å². The van der Waals surface area contributed by atoms with E-state index in [0.29, 0.717) is 84.7 Å². The van der Waals surface area contributed by atoms with Crippen molar-refractivity contribution in [2.75, 3.05) is 59.8 Å². The van der Waals surface area contributed by atoms with Crippen LogP contribution >= 0.6 is 0 Å². The summed E-state index contributed by atoms with van der Waals surface area (Å²) >= 11 is 0. The van der Waals surface area contributed by atoms with Crippen molar-refractivity contribution in [2.24, 2.45) is 5.41 Å². The van der Waals surface area contributed by atoms with Crippen LogP contribution in [0.4, 0.5) is 0 Å². The third kappa shape index (κ3) is 36.8. The number of hydrogen-bond donors (Lipinski definition) is 0. The molecule has 1 rings (SSSR count). The number of carbonyl (C=O) groups is 3. The Balaban J connectivity index is 2.57. The zero-order valence-corrected chi connectivity index (χ0v) is 43.6. The maximum Gasteiger partial charge on any atom is 0.313 e. The maximum absolute atomic E-state index is 13.4. The Labute approximate surface area is 409 Å². The molecule has 0 amide bonds. The molecule has 0 N–H and O–H groups in total. The number of ether oxygens (including phenoxy) is 7. The van der Waals surface area contributed by atoms with Crippen molar-refractivity contribution >= 4 is 17.9 Å². The smallest absolute Gasteiger partial charge is 0.313 e. The third-order valence-corrected chi connectivity index (χ3v) is 11.9. The standard InChI is InChI=1S/C56H99NO10/c1-7-11-15-19-23-29-45-63-53(64-46-30-24-20-16-12-8-2)39-37-51(58)61-43-33-27-35-50(67-55(60)56(5)41-42-57(6)49-56)36-28-34-44-62-52(59)38-40-54(65-47-31-25-21-17-13-9-3)66-48-32-26-22-18-14-10-4/h11-18,50,53-54H,7-10,19-49H2,1-6H3/b15-11-,16-12-,17-13-,18-14-. The molecule has 0 aliphatic carbocycles. The van der Waals surface area contributed by atoms with Gasteiger partial charge < -0.3 is 38.1 Å². The summed E-state index contributed by atoms with van der Waals surface area (Å²) in [6.45, 7) is 15.1. The topological polar surface area (TPSA) is 119 Å². The average molecular weight is 946 g/mol. The molecule has 11 heteroatoms. The number of likely N-dealkylation sites (tertiary alicyclic amines) is 1. The third-order valence-electron chi connectivity index (χ3n) is 11.9. The van der Waals surface area contributed by atoms with E-state index in [1.165, 1.54) is 0 Å². The van der Waals surface area contributed by atoms with Gasteiger partial charge in [-0.05, 0) is 168 Å². The van der Waals surface area contributed by atoms with Crippen LogP contribution in [0, 0.1) is 5.41 Å². The van der Waals surface area contributed by atoms with Gasteiger partial charge in [-0.3, -0.25) is 14.4 Å². The first kappa shape index (κ1) is 62.2. The summed E-state index contributed by atoms with van der Waals surface area (Å²) < 4.78 is 41.7. The fourth-order valence-electron chi connectivity index (χ4n) is 7.73. The Kier molecular flexibility index (Phi) is 41.2. The van der Waals surface area contributed by atoms with Crippen molar-refractivity contribution < 1.29 is 47.5 Å². The zero-order chi connectivity index (χ0) is 48.9. The van der Waals surface area contributed by atoms with E-state index in [4.69, 9.17) is 33.2 Å². The van der Waals surface area contributed by atoms with Gasteiger partial charge in [0.15, 0.2) is 12.6 Å². The maximum atomic E-state index is 13.4. The molecule has 1 heterocycles. The van der Waals surface area contributed by atoms with E-state index >= 15 is 0 Å². The molecule has 0 aromatic heterocycles. The molecule has 1 fully saturated rings. The van der Waals surface area contributed by atoms with Crippen LogP contribution in [0.5, 0.6) is 0 Å². The summed E-state index contributed by atoms with van der Waals surface area (Å²) in [5, 5.41) is 0. The summed E-state index contributed by atoms with van der Waals surface area (Å²) in [7, 11) is 2.03. The second-order valence-electron chi connectivity index (χ2n) is 18.4. The van der Waals surface area contributed by atoms with Crippen LogP contribution in [0.3, 0.4) is 0 Å². The first-order chi connectivity index (χ1) is 32.7. The monoisotopic (exact) mass is 946 g/mol. The first-order valence-electron chi connectivity index (χ1n) is 26.9. The van der Waals surface area contributed by atoms with Crippen molar-refractivity contribution in [3.63, 3.8) is 0 Å². The van der Waals surface area contributed by atoms with Crippen molar-refractivity contribution in [2.45, 2.75) is 227 Å². The van der Waals surface area contributed by atoms with Gasteiger partial charge in [0.25, 0.3) is 0 Å². The van der Waals surface area contributed by atoms with E-state index in [9.17, 15) is 14.4 Å². The summed E-state index contributed by atoms with van der Waals surface area (Å²) in [4.78, 5) is 41.2. The Bertz CT molecular complexity index is 1190. The minimum Gasteiger partial charge on any atom is -0.466 e. The molecule has 1 aliphatic heterocycles. The van der Waals surface area contributed by atoms with Gasteiger partial charge in [-0.2, -0.15) is 0 Å². The van der Waals surface area contributed by atoms with Gasteiger partial charge in [0.2, 0.25) is 0 Å². The summed E-state index contributed by atoms with van der Waals surface area (Å²) in [6.07, 6.45) is 39.3. The second-order valence-corrected chi connectivity index (χ2v) is 18.4. The lowest BCUT2D eigenvalue weighted by atomic mass is 9.90. The predicted molar refractivity (Wildman–Crippen MR) is 273 cm³/mol. The molecular formula is C56H99NO10. The molecule has 1 saturated heterocycles. The fourth-order valence-corrected chi connectivity index (χ4v) is 7.73. The predicted octanol–water partition coefficient (Wildman–Crippen LogP) is 13.5.